The van der Waals surface area contributed by atoms with E-state index in [-0.39, 0.29) is 12.0 Å². The van der Waals surface area contributed by atoms with Crippen LogP contribution in [0.1, 0.15) is 37.3 Å². The maximum absolute atomic E-state index is 14.1. The highest BCUT2D eigenvalue weighted by atomic mass is 16.6. The van der Waals surface area contributed by atoms with Crippen LogP contribution in [0, 0.1) is 22.0 Å². The predicted molar refractivity (Wildman–Crippen MR) is 131 cm³/mol. The van der Waals surface area contributed by atoms with Crippen molar-refractivity contribution in [2.24, 2.45) is 17.6 Å². The highest BCUT2D eigenvalue weighted by Crippen LogP contribution is 2.57. The molecule has 1 saturated carbocycles. The van der Waals surface area contributed by atoms with E-state index in [1.807, 2.05) is 0 Å². The normalized spacial score (nSPS) is 30.1. The predicted octanol–water partition coefficient (Wildman–Crippen LogP) is 0.365. The van der Waals surface area contributed by atoms with Gasteiger partial charge in [-0.3, -0.25) is 34.2 Å². The first-order chi connectivity index (χ1) is 18.1. The summed E-state index contributed by atoms with van der Waals surface area (Å²) in [5.74, 6) is -11.6. The number of aliphatic hydroxyl groups is 3. The lowest BCUT2D eigenvalue weighted by atomic mass is 9.54. The quantitative estimate of drug-likeness (QED) is 0.146. The zero-order valence-electron chi connectivity index (χ0n) is 21.4. The van der Waals surface area contributed by atoms with Gasteiger partial charge in [-0.05, 0) is 25.6 Å². The number of fused-ring (bicyclic) bond motifs is 3. The number of ketones is 2. The molecule has 3 aliphatic carbocycles. The Labute approximate surface area is 221 Å². The number of carbonyl (C=O) groups is 4. The van der Waals surface area contributed by atoms with Gasteiger partial charge in [-0.1, -0.05) is 19.9 Å². The van der Waals surface area contributed by atoms with Gasteiger partial charge in [0.2, 0.25) is 11.5 Å². The number of hydrogen-bond donors (Lipinski definition) is 5. The number of amides is 1. The zero-order valence-corrected chi connectivity index (χ0v) is 21.4. The molecule has 6 atom stereocenters. The summed E-state index contributed by atoms with van der Waals surface area (Å²) in [7, 11) is 2.82. The van der Waals surface area contributed by atoms with E-state index in [0.29, 0.717) is 0 Å². The van der Waals surface area contributed by atoms with E-state index >= 15 is 0 Å². The molecular formula is C25H27N3O11. The van der Waals surface area contributed by atoms with Gasteiger partial charge in [0.1, 0.15) is 23.2 Å². The number of aliphatic hydroxyl groups excluding tert-OH is 2. The third-order valence-electron chi connectivity index (χ3n) is 7.83. The number of Topliss-reactive ketones (excluding diaryl/α,β-unsaturated/α-hetero) is 2. The van der Waals surface area contributed by atoms with E-state index in [1.165, 1.54) is 32.0 Å². The topological polar surface area (TPSA) is 231 Å². The summed E-state index contributed by atoms with van der Waals surface area (Å²) in [5.41, 5.74) is -0.464. The number of likely N-dealkylation sites (N-methyl/N-ethyl adjacent to an activating group) is 1. The maximum Gasteiger partial charge on any atom is 0.311 e. The fraction of sp³-hybridized carbons (Fsp3) is 0.440. The number of carbonyl (C=O) groups excluding carboxylic acids is 4. The Balaban J connectivity index is 2.13. The summed E-state index contributed by atoms with van der Waals surface area (Å²) in [6.07, 6.45) is -1.69. The molecule has 14 nitrogen and oxygen atoms in total. The van der Waals surface area contributed by atoms with Crippen LogP contribution < -0.4 is 5.73 Å². The summed E-state index contributed by atoms with van der Waals surface area (Å²) in [5, 5.41) is 56.3. The lowest BCUT2D eigenvalue weighted by molar-refractivity contribution is -0.385. The van der Waals surface area contributed by atoms with Crippen LogP contribution in [-0.2, 0) is 23.9 Å². The van der Waals surface area contributed by atoms with Crippen LogP contribution in [0.5, 0.6) is 5.75 Å². The number of hydrogen-bond acceptors (Lipinski definition) is 12. The standard InChI is InChI=1S/C25H27N3O11/c1-5-11(29)39-21-12-8(2)9-6-7-10(28(37)38)18(30)13(9)19(31)14(12)22(33)25(36)16(21)17(27(3)4)20(32)15(23(25)34)24(26)35/h6-8,12,16-17,21,30-31,34,36H,5H2,1-4H3,(H2,26,35)/t8-,12+,16+,17-,21-,25-/m0/s1. The van der Waals surface area contributed by atoms with E-state index in [2.05, 4.69) is 0 Å². The Morgan fingerprint density at radius 2 is 1.82 bits per heavy atom. The zero-order chi connectivity index (χ0) is 29.3. The summed E-state index contributed by atoms with van der Waals surface area (Å²) in [4.78, 5) is 64.0. The van der Waals surface area contributed by atoms with E-state index in [1.54, 1.807) is 6.92 Å². The molecule has 0 radical (unpaired) electrons. The van der Waals surface area contributed by atoms with Crippen molar-refractivity contribution in [1.29, 1.82) is 0 Å². The van der Waals surface area contributed by atoms with Crippen LogP contribution in [-0.4, -0.2) is 85.5 Å². The number of phenols is 1. The molecule has 0 heterocycles. The maximum atomic E-state index is 14.1. The Morgan fingerprint density at radius 3 is 2.33 bits per heavy atom. The van der Waals surface area contributed by atoms with Crippen molar-refractivity contribution in [1.82, 2.24) is 4.90 Å². The average Bonchev–Trinajstić information content (AvgIpc) is 2.84. The minimum absolute atomic E-state index is 0.153. The molecule has 1 aromatic rings. The highest BCUT2D eigenvalue weighted by molar-refractivity contribution is 6.24. The van der Waals surface area contributed by atoms with Gasteiger partial charge in [0, 0.05) is 24.0 Å². The number of nitro groups is 1. The number of benzene rings is 1. The summed E-state index contributed by atoms with van der Waals surface area (Å²) in [6.45, 7) is 3.02. The molecule has 0 aromatic heterocycles. The monoisotopic (exact) mass is 545 g/mol. The number of phenolic OH excluding ortho intramolecular Hbond substituents is 1. The second kappa shape index (κ2) is 9.17. The van der Waals surface area contributed by atoms with Gasteiger partial charge in [0.25, 0.3) is 5.91 Å². The van der Waals surface area contributed by atoms with Crippen molar-refractivity contribution < 1.29 is 49.3 Å². The number of nitrogens with two attached hydrogens (primary N) is 1. The molecule has 1 fully saturated rings. The third kappa shape index (κ3) is 3.62. The lowest BCUT2D eigenvalue weighted by Crippen LogP contribution is -2.71. The number of aromatic hydroxyl groups is 1. The Morgan fingerprint density at radius 1 is 1.21 bits per heavy atom. The van der Waals surface area contributed by atoms with Gasteiger partial charge in [-0.15, -0.1) is 0 Å². The number of rotatable bonds is 5. The van der Waals surface area contributed by atoms with Crippen LogP contribution in [0.25, 0.3) is 5.76 Å². The van der Waals surface area contributed by atoms with Gasteiger partial charge in [-0.2, -0.15) is 0 Å². The first kappa shape index (κ1) is 27.7. The summed E-state index contributed by atoms with van der Waals surface area (Å²) < 4.78 is 5.70. The smallest absolute Gasteiger partial charge is 0.311 e. The van der Waals surface area contributed by atoms with Crippen LogP contribution in [0.15, 0.2) is 29.0 Å². The van der Waals surface area contributed by atoms with Crippen LogP contribution >= 0.6 is 0 Å². The third-order valence-corrected chi connectivity index (χ3v) is 7.83. The van der Waals surface area contributed by atoms with Crippen molar-refractivity contribution in [2.45, 2.75) is 43.9 Å². The number of primary amides is 1. The molecule has 14 heteroatoms. The van der Waals surface area contributed by atoms with E-state index in [0.717, 1.165) is 6.07 Å². The first-order valence-corrected chi connectivity index (χ1v) is 12.0. The van der Waals surface area contributed by atoms with E-state index in [9.17, 15) is 49.7 Å². The van der Waals surface area contributed by atoms with Crippen molar-refractivity contribution in [2.75, 3.05) is 14.1 Å². The lowest BCUT2D eigenvalue weighted by Gasteiger charge is -2.54. The largest absolute Gasteiger partial charge is 0.508 e. The van der Waals surface area contributed by atoms with Gasteiger partial charge in [0.05, 0.1) is 22.4 Å². The first-order valence-electron chi connectivity index (χ1n) is 12.0. The van der Waals surface area contributed by atoms with Crippen LogP contribution in [0.4, 0.5) is 5.69 Å². The Bertz CT molecular complexity index is 1410. The molecule has 6 N–H and O–H groups in total. The number of ether oxygens (including phenoxy) is 1. The van der Waals surface area contributed by atoms with Crippen molar-refractivity contribution in [3.8, 4) is 5.75 Å². The van der Waals surface area contributed by atoms with Crippen LogP contribution in [0.3, 0.4) is 0 Å². The molecule has 3 aliphatic rings. The molecule has 4 rings (SSSR count). The molecule has 0 spiro atoms. The second-order valence-electron chi connectivity index (χ2n) is 10.0. The summed E-state index contributed by atoms with van der Waals surface area (Å²) in [6, 6.07) is 0.791. The SMILES string of the molecule is CCC(=O)O[C@H]1[C@H]2C(=C(O)c3c(ccc([N+](=O)[O-])c3O)[C@@H]2C)C(=O)[C@]2(O)C(O)=C(C(N)=O)C(=O)[C@@H](N(C)C)[C@H]12. The van der Waals surface area contributed by atoms with Gasteiger partial charge in [0.15, 0.2) is 11.4 Å². The average molecular weight is 546 g/mol. The van der Waals surface area contributed by atoms with E-state index < -0.39 is 104 Å². The molecule has 0 unspecified atom stereocenters. The molecule has 0 aliphatic heterocycles. The summed E-state index contributed by atoms with van der Waals surface area (Å²) >= 11 is 0. The molecule has 0 saturated heterocycles. The van der Waals surface area contributed by atoms with Gasteiger partial charge >= 0.3 is 11.7 Å². The molecular weight excluding hydrogens is 518 g/mol. The minimum Gasteiger partial charge on any atom is -0.508 e. The fourth-order valence-electron chi connectivity index (χ4n) is 6.10. The van der Waals surface area contributed by atoms with Gasteiger partial charge < -0.3 is 30.9 Å². The number of nitro benzene ring substituents is 1. The van der Waals surface area contributed by atoms with Crippen molar-refractivity contribution >= 4 is 34.9 Å². The molecule has 39 heavy (non-hydrogen) atoms. The number of nitrogens with zero attached hydrogens (tertiary/aromatic N) is 2. The molecule has 1 amide bonds. The Hall–Kier alpha value is -4.30. The number of esters is 1. The Kier molecular flexibility index (Phi) is 6.52. The highest BCUT2D eigenvalue weighted by Gasteiger charge is 2.69. The van der Waals surface area contributed by atoms with Crippen molar-refractivity contribution in [3.63, 3.8) is 0 Å². The second-order valence-corrected chi connectivity index (χ2v) is 10.0. The van der Waals surface area contributed by atoms with Gasteiger partial charge in [-0.25, -0.2) is 0 Å². The minimum atomic E-state index is -3.08. The van der Waals surface area contributed by atoms with E-state index in [4.69, 9.17) is 10.5 Å². The molecule has 1 aromatic carbocycles. The molecule has 0 bridgehead atoms. The van der Waals surface area contributed by atoms with Crippen molar-refractivity contribution in [3.05, 3.63) is 50.3 Å². The molecule has 208 valence electrons. The fourth-order valence-corrected chi connectivity index (χ4v) is 6.10. The van der Waals surface area contributed by atoms with Crippen LogP contribution in [0.2, 0.25) is 0 Å².